The van der Waals surface area contributed by atoms with E-state index in [-0.39, 0.29) is 86.9 Å². The molecule has 1 fully saturated rings. The summed E-state index contributed by atoms with van der Waals surface area (Å²) in [5.74, 6) is -5.81. The first-order chi connectivity index (χ1) is 45.5. The third kappa shape index (κ3) is 23.9. The van der Waals surface area contributed by atoms with Crippen LogP contribution in [0.1, 0.15) is 138 Å². The molecule has 8 N–H and O–H groups in total. The zero-order valence-corrected chi connectivity index (χ0v) is 59.3. The molecule has 27 heteroatoms. The molecule has 2 aromatic carbocycles. The maximum Gasteiger partial charge on any atom is 0.410 e. The summed E-state index contributed by atoms with van der Waals surface area (Å²) in [6, 6.07) is 9.18. The Morgan fingerprint density at radius 2 is 1.35 bits per heavy atom. The molecule has 26 nitrogen and oxygen atoms in total. The number of likely N-dealkylation sites (N-methyl/N-ethyl adjacent to an activating group) is 2. The summed E-state index contributed by atoms with van der Waals surface area (Å²) >= 11 is 5.90. The molecule has 0 spiro atoms. The molecular weight excluding hydrogens is 1250 g/mol. The highest BCUT2D eigenvalue weighted by Crippen LogP contribution is 2.31. The van der Waals surface area contributed by atoms with Gasteiger partial charge in [0.25, 0.3) is 11.8 Å². The molecule has 0 unspecified atom stereocenters. The number of anilines is 1. The number of amides is 11. The number of esters is 1. The molecule has 0 radical (unpaired) electrons. The first-order valence-corrected chi connectivity index (χ1v) is 33.7. The number of likely N-dealkylation sites (tertiary alicyclic amines) is 1. The number of carbonyl (C=O) groups excluding carboxylic acids is 11. The van der Waals surface area contributed by atoms with E-state index < -0.39 is 108 Å². The fourth-order valence-corrected chi connectivity index (χ4v) is 12.5. The molecular formula is C69H105N11O15S. The Balaban J connectivity index is 1.38. The maximum absolute atomic E-state index is 14.9. The van der Waals surface area contributed by atoms with Gasteiger partial charge in [0.2, 0.25) is 35.4 Å². The molecule has 2 aliphatic rings. The standard InChI is InChI=1S/C69H105N11O15S/c1-15-44(8)60(52(92-12)39-56(84)79-37-23-27-51(79)61(93-13)45(9)65(96)74-50(67(89)94-14)38-46-24-18-16-19-25-46)77(10)66(88)58(42(4)5)76-64(87)59(43(6)7)78(11)69(91)95-40-47-29-31-48(32-30-47)72-62(85)49(26-22-35-71-68(70)90)73-63(86)57(41(2)3)75-53(81)28-20-17-21-36-80-54(82)33-34-55(80)83/h16,18-19,24-25,29-34,41-45,49-52,57-61H,15,17,20-23,26-28,35-40H2,1-14H3,(H,72,85)(H,73,86)(H,74,96)(H,75,81)(H,76,87)(H3,70,71,90)/t44-,45+,49-,50+,51-,52+,57-,58-,59-,60-,61+/m0/s1. The smallest absolute Gasteiger partial charge is 0.410 e. The highest BCUT2D eigenvalue weighted by atomic mass is 32.1. The van der Waals surface area contributed by atoms with Crippen LogP contribution in [0.4, 0.5) is 15.3 Å². The van der Waals surface area contributed by atoms with Crippen molar-refractivity contribution in [3.05, 3.63) is 77.9 Å². The predicted octanol–water partition coefficient (Wildman–Crippen LogP) is 5.54. The van der Waals surface area contributed by atoms with Gasteiger partial charge < -0.3 is 66.4 Å². The lowest BCUT2D eigenvalue weighted by atomic mass is 9.89. The van der Waals surface area contributed by atoms with Crippen molar-refractivity contribution >= 4 is 88.2 Å². The van der Waals surface area contributed by atoms with E-state index in [4.69, 9.17) is 36.9 Å². The van der Waals surface area contributed by atoms with Gasteiger partial charge in [-0.2, -0.15) is 0 Å². The molecule has 532 valence electrons. The Labute approximate surface area is 571 Å². The van der Waals surface area contributed by atoms with E-state index in [0.29, 0.717) is 67.7 Å². The molecule has 0 saturated carbocycles. The second-order valence-corrected chi connectivity index (χ2v) is 26.3. The quantitative estimate of drug-likeness (QED) is 0.0187. The zero-order valence-electron chi connectivity index (χ0n) is 58.4. The van der Waals surface area contributed by atoms with Gasteiger partial charge >= 0.3 is 18.1 Å². The molecule has 2 aromatic rings. The number of benzene rings is 2. The molecule has 0 aliphatic carbocycles. The second-order valence-electron chi connectivity index (χ2n) is 25.9. The number of carbonyl (C=O) groups is 11. The minimum atomic E-state index is -1.11. The topological polar surface area (TPSA) is 336 Å². The van der Waals surface area contributed by atoms with Crippen LogP contribution in [0.25, 0.3) is 0 Å². The van der Waals surface area contributed by atoms with Crippen LogP contribution in [-0.4, -0.2) is 199 Å². The number of unbranched alkanes of at least 4 members (excludes halogenated alkanes) is 2. The van der Waals surface area contributed by atoms with Crippen molar-refractivity contribution in [2.24, 2.45) is 35.3 Å². The summed E-state index contributed by atoms with van der Waals surface area (Å²) in [5, 5.41) is 17.0. The molecule has 1 saturated heterocycles. The van der Waals surface area contributed by atoms with Gasteiger partial charge in [-0.3, -0.25) is 48.2 Å². The Bertz CT molecular complexity index is 2970. The van der Waals surface area contributed by atoms with Crippen molar-refractivity contribution in [1.29, 1.82) is 0 Å². The van der Waals surface area contributed by atoms with Crippen LogP contribution in [0.5, 0.6) is 0 Å². The number of nitrogens with zero attached hydrogens (tertiary/aromatic N) is 4. The summed E-state index contributed by atoms with van der Waals surface area (Å²) in [5.41, 5.74) is 7.04. The SMILES string of the molecule is CC[C@H](C)[C@@H]([C@@H](CC(=O)N1CCC[C@H]1[C@H](OC)[C@@H](C)C(=S)N[C@H](Cc1ccccc1)C(=O)OC)OC)N(C)C(=O)[C@@H](NC(=O)[C@H](C(C)C)N(C)C(=O)OCc1ccc(NC(=O)[C@H](CCCNC(N)=O)NC(=O)[C@@H](NC(=O)CCCCCN2C(=O)C=CC2=O)C(C)C)cc1)C(C)C. The van der Waals surface area contributed by atoms with E-state index in [2.05, 4.69) is 31.9 Å². The van der Waals surface area contributed by atoms with Crippen LogP contribution < -0.4 is 37.6 Å². The third-order valence-corrected chi connectivity index (χ3v) is 18.3. The molecule has 96 heavy (non-hydrogen) atoms. The van der Waals surface area contributed by atoms with E-state index in [1.165, 1.54) is 38.3 Å². The van der Waals surface area contributed by atoms with Crippen LogP contribution in [0, 0.1) is 29.6 Å². The van der Waals surface area contributed by atoms with Gasteiger partial charge in [0.05, 0.1) is 42.8 Å². The number of hydrogen-bond acceptors (Lipinski definition) is 16. The average Bonchev–Trinajstić information content (AvgIpc) is 1.55. The number of methoxy groups -OCH3 is 3. The Kier molecular flexibility index (Phi) is 33.4. The van der Waals surface area contributed by atoms with Crippen LogP contribution in [0.2, 0.25) is 0 Å². The monoisotopic (exact) mass is 1360 g/mol. The zero-order chi connectivity index (χ0) is 71.5. The van der Waals surface area contributed by atoms with Crippen LogP contribution in [0.3, 0.4) is 0 Å². The second kappa shape index (κ2) is 39.9. The highest BCUT2D eigenvalue weighted by Gasteiger charge is 2.44. The number of thiocarbonyl (C=S) groups is 1. The van der Waals surface area contributed by atoms with Gasteiger partial charge in [-0.05, 0) is 85.5 Å². The van der Waals surface area contributed by atoms with Gasteiger partial charge in [0.1, 0.15) is 36.8 Å². The van der Waals surface area contributed by atoms with Crippen molar-refractivity contribution in [3.8, 4) is 0 Å². The molecule has 0 aromatic heterocycles. The first kappa shape index (κ1) is 80.4. The average molecular weight is 1360 g/mol. The van der Waals surface area contributed by atoms with E-state index in [1.54, 1.807) is 89.8 Å². The van der Waals surface area contributed by atoms with Crippen molar-refractivity contribution in [2.75, 3.05) is 60.4 Å². The summed E-state index contributed by atoms with van der Waals surface area (Å²) < 4.78 is 23.1. The number of ether oxygens (including phenoxy) is 4. The van der Waals surface area contributed by atoms with Gasteiger partial charge in [-0.15, -0.1) is 0 Å². The number of nitrogens with two attached hydrogens (primary N) is 1. The van der Waals surface area contributed by atoms with Gasteiger partial charge in [-0.25, -0.2) is 14.4 Å². The number of urea groups is 1. The van der Waals surface area contributed by atoms with Gasteiger partial charge in [0, 0.05) is 84.5 Å². The Hall–Kier alpha value is -8.04. The molecule has 2 heterocycles. The van der Waals surface area contributed by atoms with E-state index in [0.717, 1.165) is 10.5 Å². The molecule has 11 atom stereocenters. The van der Waals surface area contributed by atoms with Crippen LogP contribution in [0.15, 0.2) is 66.7 Å². The Morgan fingerprint density at radius 1 is 0.708 bits per heavy atom. The van der Waals surface area contributed by atoms with Crippen LogP contribution >= 0.6 is 12.2 Å². The van der Waals surface area contributed by atoms with Crippen molar-refractivity contribution in [3.63, 3.8) is 0 Å². The van der Waals surface area contributed by atoms with Crippen molar-refractivity contribution < 1.29 is 71.7 Å². The molecule has 0 bridgehead atoms. The summed E-state index contributed by atoms with van der Waals surface area (Å²) in [6.07, 6.45) is 4.51. The third-order valence-electron chi connectivity index (χ3n) is 17.8. The van der Waals surface area contributed by atoms with E-state index in [1.807, 2.05) is 51.1 Å². The Morgan fingerprint density at radius 3 is 1.93 bits per heavy atom. The maximum atomic E-state index is 14.9. The summed E-state index contributed by atoms with van der Waals surface area (Å²) in [4.78, 5) is 152. The van der Waals surface area contributed by atoms with Crippen molar-refractivity contribution in [2.45, 2.75) is 194 Å². The van der Waals surface area contributed by atoms with Gasteiger partial charge in [0.15, 0.2) is 0 Å². The van der Waals surface area contributed by atoms with E-state index >= 15 is 0 Å². The molecule has 11 amide bonds. The minimum Gasteiger partial charge on any atom is -0.467 e. The number of hydrogen-bond donors (Lipinski definition) is 7. The number of rotatable bonds is 39. The number of imide groups is 1. The molecule has 4 rings (SSSR count). The molecule has 2 aliphatic heterocycles. The lowest BCUT2D eigenvalue weighted by Crippen LogP contribution is -2.60. The highest BCUT2D eigenvalue weighted by molar-refractivity contribution is 7.80. The normalized spacial score (nSPS) is 16.9. The minimum absolute atomic E-state index is 0.0669. The van der Waals surface area contributed by atoms with E-state index in [9.17, 15) is 52.7 Å². The van der Waals surface area contributed by atoms with Crippen LogP contribution in [-0.2, 0) is 75.1 Å². The summed E-state index contributed by atoms with van der Waals surface area (Å²) in [7, 11) is 7.50. The lowest BCUT2D eigenvalue weighted by Gasteiger charge is -2.41. The first-order valence-electron chi connectivity index (χ1n) is 33.3. The fraction of sp³-hybridized carbons (Fsp3) is 0.623. The number of nitrogens with one attached hydrogen (secondary N) is 6. The largest absolute Gasteiger partial charge is 0.467 e. The lowest BCUT2D eigenvalue weighted by molar-refractivity contribution is -0.147. The summed E-state index contributed by atoms with van der Waals surface area (Å²) in [6.45, 7) is 17.1. The number of primary amides is 1. The fourth-order valence-electron chi connectivity index (χ4n) is 12.2. The van der Waals surface area contributed by atoms with Crippen molar-refractivity contribution in [1.82, 2.24) is 46.2 Å². The van der Waals surface area contributed by atoms with Gasteiger partial charge in [-0.1, -0.05) is 130 Å². The predicted molar refractivity (Wildman–Crippen MR) is 366 cm³/mol.